The van der Waals surface area contributed by atoms with Gasteiger partial charge in [-0.25, -0.2) is 18.4 Å². The summed E-state index contributed by atoms with van der Waals surface area (Å²) in [5.74, 6) is 0.0922. The first-order valence-electron chi connectivity index (χ1n) is 7.94. The van der Waals surface area contributed by atoms with Gasteiger partial charge in [0.15, 0.2) is 14.9 Å². The number of sulfone groups is 1. The van der Waals surface area contributed by atoms with Gasteiger partial charge in [-0.2, -0.15) is 0 Å². The number of nitrogens with zero attached hydrogens (tertiary/aromatic N) is 2. The molecule has 0 fully saturated rings. The van der Waals surface area contributed by atoms with Crippen molar-refractivity contribution in [3.8, 4) is 0 Å². The molecule has 2 aromatic heterocycles. The molecule has 1 atom stereocenters. The van der Waals surface area contributed by atoms with Gasteiger partial charge in [0.1, 0.15) is 11.6 Å². The molecule has 0 saturated heterocycles. The van der Waals surface area contributed by atoms with E-state index in [2.05, 4.69) is 20.6 Å². The third-order valence-corrected chi connectivity index (χ3v) is 4.59. The quantitative estimate of drug-likeness (QED) is 0.528. The van der Waals surface area contributed by atoms with Crippen molar-refractivity contribution in [2.75, 3.05) is 23.4 Å². The lowest BCUT2D eigenvalue weighted by atomic mass is 10.2. The van der Waals surface area contributed by atoms with Crippen molar-refractivity contribution in [3.63, 3.8) is 0 Å². The van der Waals surface area contributed by atoms with Gasteiger partial charge >= 0.3 is 0 Å². The van der Waals surface area contributed by atoms with Gasteiger partial charge in [0.2, 0.25) is 0 Å². The van der Waals surface area contributed by atoms with Gasteiger partial charge in [-0.15, -0.1) is 0 Å². The lowest BCUT2D eigenvalue weighted by molar-refractivity contribution is 0.100. The maximum Gasteiger partial charge on any atom is 0.252 e. The maximum absolute atomic E-state index is 11.6. The van der Waals surface area contributed by atoms with Crippen LogP contribution in [-0.4, -0.2) is 43.1 Å². The van der Waals surface area contributed by atoms with Crippen molar-refractivity contribution in [1.82, 2.24) is 9.97 Å². The zero-order valence-electron chi connectivity index (χ0n) is 14.6. The standard InChI is InChI=1S/C16H22N6O3S/c1-3-10(17)8-19-14-7-12(11(9-20-14)16(18)23)21-13-5-4-6-15(22-13)26(2,24)25/h4-7,9-10H,3,8,17H2,1-2H3,(H2,18,23)(H2,19,20,21,22). The van der Waals surface area contributed by atoms with Crippen LogP contribution in [0.1, 0.15) is 23.7 Å². The van der Waals surface area contributed by atoms with Crippen molar-refractivity contribution in [1.29, 1.82) is 0 Å². The molecule has 0 saturated carbocycles. The van der Waals surface area contributed by atoms with Gasteiger partial charge in [-0.05, 0) is 18.6 Å². The Hall–Kier alpha value is -2.72. The van der Waals surface area contributed by atoms with E-state index < -0.39 is 15.7 Å². The Morgan fingerprint density at radius 2 is 2.04 bits per heavy atom. The number of hydrogen-bond acceptors (Lipinski definition) is 8. The second-order valence-electron chi connectivity index (χ2n) is 5.79. The lowest BCUT2D eigenvalue weighted by Gasteiger charge is -2.14. The number of nitrogens with one attached hydrogen (secondary N) is 2. The Labute approximate surface area is 152 Å². The lowest BCUT2D eigenvalue weighted by Crippen LogP contribution is -2.28. The van der Waals surface area contributed by atoms with E-state index in [0.29, 0.717) is 18.1 Å². The van der Waals surface area contributed by atoms with E-state index in [1.807, 2.05) is 6.92 Å². The molecule has 0 aliphatic heterocycles. The first-order valence-corrected chi connectivity index (χ1v) is 9.83. The van der Waals surface area contributed by atoms with Gasteiger partial charge in [0.25, 0.3) is 5.91 Å². The second kappa shape index (κ2) is 8.11. The number of anilines is 3. The highest BCUT2D eigenvalue weighted by Gasteiger charge is 2.14. The van der Waals surface area contributed by atoms with E-state index in [1.165, 1.54) is 12.3 Å². The Kier molecular flexibility index (Phi) is 6.11. The minimum Gasteiger partial charge on any atom is -0.368 e. The SMILES string of the molecule is CCC(N)CNc1cc(Nc2cccc(S(C)(=O)=O)n2)c(C(N)=O)cn1. The number of carbonyl (C=O) groups excluding carboxylic acids is 1. The number of carbonyl (C=O) groups is 1. The minimum atomic E-state index is -3.45. The largest absolute Gasteiger partial charge is 0.368 e. The van der Waals surface area contributed by atoms with Gasteiger partial charge in [-0.1, -0.05) is 13.0 Å². The fraction of sp³-hybridized carbons (Fsp3) is 0.312. The number of primary amides is 1. The van der Waals surface area contributed by atoms with Crippen molar-refractivity contribution in [2.24, 2.45) is 11.5 Å². The van der Waals surface area contributed by atoms with Crippen molar-refractivity contribution >= 4 is 33.1 Å². The van der Waals surface area contributed by atoms with Crippen LogP contribution in [0.3, 0.4) is 0 Å². The number of nitrogens with two attached hydrogens (primary N) is 2. The molecule has 0 aliphatic rings. The molecule has 140 valence electrons. The first-order chi connectivity index (χ1) is 12.2. The van der Waals surface area contributed by atoms with Crippen LogP contribution < -0.4 is 22.1 Å². The van der Waals surface area contributed by atoms with Crippen molar-refractivity contribution in [3.05, 3.63) is 36.0 Å². The number of rotatable bonds is 8. The van der Waals surface area contributed by atoms with Crippen molar-refractivity contribution in [2.45, 2.75) is 24.4 Å². The third-order valence-electron chi connectivity index (χ3n) is 3.61. The van der Waals surface area contributed by atoms with E-state index in [0.717, 1.165) is 12.7 Å². The molecule has 1 amide bonds. The summed E-state index contributed by atoms with van der Waals surface area (Å²) in [5, 5.41) is 5.92. The van der Waals surface area contributed by atoms with Crippen molar-refractivity contribution < 1.29 is 13.2 Å². The average Bonchev–Trinajstić information content (AvgIpc) is 2.59. The van der Waals surface area contributed by atoms with Crippen LogP contribution in [0.15, 0.2) is 35.5 Å². The highest BCUT2D eigenvalue weighted by atomic mass is 32.2. The molecule has 0 radical (unpaired) electrons. The Bertz CT molecular complexity index is 901. The van der Waals surface area contributed by atoms with Crippen LogP contribution in [0, 0.1) is 0 Å². The number of hydrogen-bond donors (Lipinski definition) is 4. The molecule has 1 unspecified atom stereocenters. The molecule has 0 aromatic carbocycles. The number of amides is 1. The first kappa shape index (κ1) is 19.6. The summed E-state index contributed by atoms with van der Waals surface area (Å²) < 4.78 is 23.3. The molecule has 6 N–H and O–H groups in total. The normalized spacial score (nSPS) is 12.4. The molecule has 9 nitrogen and oxygen atoms in total. The summed E-state index contributed by atoms with van der Waals surface area (Å²) in [7, 11) is -3.45. The van der Waals surface area contributed by atoms with Gasteiger partial charge in [0, 0.05) is 31.1 Å². The topological polar surface area (TPSA) is 153 Å². The van der Waals surface area contributed by atoms with Gasteiger partial charge in [-0.3, -0.25) is 4.79 Å². The monoisotopic (exact) mass is 378 g/mol. The molecule has 26 heavy (non-hydrogen) atoms. The van der Waals surface area contributed by atoms with Crippen LogP contribution in [0.4, 0.5) is 17.3 Å². The fourth-order valence-corrected chi connectivity index (χ4v) is 2.65. The number of aromatic nitrogens is 2. The molecular weight excluding hydrogens is 356 g/mol. The van der Waals surface area contributed by atoms with Gasteiger partial charge < -0.3 is 22.1 Å². The van der Waals surface area contributed by atoms with E-state index >= 15 is 0 Å². The zero-order valence-corrected chi connectivity index (χ0v) is 15.4. The van der Waals surface area contributed by atoms with Crippen LogP contribution in [0.2, 0.25) is 0 Å². The van der Waals surface area contributed by atoms with Crippen LogP contribution in [0.25, 0.3) is 0 Å². The molecule has 2 rings (SSSR count). The predicted molar refractivity (Wildman–Crippen MR) is 100 cm³/mol. The summed E-state index contributed by atoms with van der Waals surface area (Å²) in [6.07, 6.45) is 3.21. The van der Waals surface area contributed by atoms with E-state index in [9.17, 15) is 13.2 Å². The maximum atomic E-state index is 11.6. The van der Waals surface area contributed by atoms with Gasteiger partial charge in [0.05, 0.1) is 11.3 Å². The van der Waals surface area contributed by atoms with E-state index in [1.54, 1.807) is 18.2 Å². The number of pyridine rings is 2. The Balaban J connectivity index is 2.33. The Morgan fingerprint density at radius 1 is 1.31 bits per heavy atom. The summed E-state index contributed by atoms with van der Waals surface area (Å²) >= 11 is 0. The molecule has 0 spiro atoms. The molecule has 2 aromatic rings. The predicted octanol–water partition coefficient (Wildman–Crippen LogP) is 0.872. The fourth-order valence-electron chi connectivity index (χ4n) is 2.06. The summed E-state index contributed by atoms with van der Waals surface area (Å²) in [6, 6.07) is 6.09. The minimum absolute atomic E-state index is 0.0304. The van der Waals surface area contributed by atoms with Crippen LogP contribution >= 0.6 is 0 Å². The Morgan fingerprint density at radius 3 is 2.65 bits per heavy atom. The molecule has 0 aliphatic carbocycles. The zero-order chi connectivity index (χ0) is 19.3. The third kappa shape index (κ3) is 5.14. The molecule has 2 heterocycles. The highest BCUT2D eigenvalue weighted by molar-refractivity contribution is 7.90. The smallest absolute Gasteiger partial charge is 0.252 e. The molecule has 0 bridgehead atoms. The molecular formula is C16H22N6O3S. The highest BCUT2D eigenvalue weighted by Crippen LogP contribution is 2.23. The molecule has 10 heteroatoms. The summed E-state index contributed by atoms with van der Waals surface area (Å²) in [6.45, 7) is 2.49. The van der Waals surface area contributed by atoms with E-state index in [-0.39, 0.29) is 22.4 Å². The average molecular weight is 378 g/mol. The second-order valence-corrected chi connectivity index (χ2v) is 7.75. The van der Waals surface area contributed by atoms with Crippen LogP contribution in [-0.2, 0) is 9.84 Å². The van der Waals surface area contributed by atoms with Crippen LogP contribution in [0.5, 0.6) is 0 Å². The summed E-state index contributed by atoms with van der Waals surface area (Å²) in [4.78, 5) is 19.8. The van der Waals surface area contributed by atoms with E-state index in [4.69, 9.17) is 11.5 Å². The summed E-state index contributed by atoms with van der Waals surface area (Å²) in [5.41, 5.74) is 11.8.